The topological polar surface area (TPSA) is 75.9 Å². The summed E-state index contributed by atoms with van der Waals surface area (Å²) in [5.74, 6) is 3.05. The second kappa shape index (κ2) is 7.87. The van der Waals surface area contributed by atoms with Gasteiger partial charge in [-0.3, -0.25) is 9.20 Å². The van der Waals surface area contributed by atoms with Crippen molar-refractivity contribution in [3.8, 4) is 5.75 Å². The molecule has 1 aliphatic heterocycles. The van der Waals surface area contributed by atoms with E-state index in [1.54, 1.807) is 13.2 Å². The highest BCUT2D eigenvalue weighted by molar-refractivity contribution is 6.31. The van der Waals surface area contributed by atoms with Gasteiger partial charge >= 0.3 is 0 Å². The van der Waals surface area contributed by atoms with E-state index in [1.165, 1.54) is 0 Å². The molecule has 0 spiro atoms. The molecule has 0 saturated carbocycles. The van der Waals surface area contributed by atoms with E-state index < -0.39 is 0 Å². The van der Waals surface area contributed by atoms with Crippen LogP contribution in [0.4, 0.5) is 5.82 Å². The number of piperazine rings is 1. The fourth-order valence-electron chi connectivity index (χ4n) is 3.64. The monoisotopic (exact) mass is 414 g/mol. The summed E-state index contributed by atoms with van der Waals surface area (Å²) < 4.78 is 7.09. The molecular formula is C20H23ClN6O2. The highest BCUT2D eigenvalue weighted by Gasteiger charge is 2.23. The molecule has 8 nitrogen and oxygen atoms in total. The third kappa shape index (κ3) is 3.85. The molecule has 0 bridgehead atoms. The van der Waals surface area contributed by atoms with Crippen LogP contribution in [0.2, 0.25) is 5.02 Å². The number of hydrogen-bond donors (Lipinski definition) is 0. The van der Waals surface area contributed by atoms with E-state index >= 15 is 0 Å². The van der Waals surface area contributed by atoms with E-state index in [-0.39, 0.29) is 12.3 Å². The number of hydrogen-bond acceptors (Lipinski definition) is 6. The molecule has 3 heterocycles. The zero-order valence-electron chi connectivity index (χ0n) is 16.7. The van der Waals surface area contributed by atoms with Crippen LogP contribution in [0.3, 0.4) is 0 Å². The van der Waals surface area contributed by atoms with Crippen molar-refractivity contribution in [1.29, 1.82) is 0 Å². The van der Waals surface area contributed by atoms with Crippen molar-refractivity contribution < 1.29 is 9.53 Å². The lowest BCUT2D eigenvalue weighted by molar-refractivity contribution is -0.130. The molecule has 29 heavy (non-hydrogen) atoms. The Morgan fingerprint density at radius 3 is 2.59 bits per heavy atom. The molecule has 1 amide bonds. The van der Waals surface area contributed by atoms with Crippen molar-refractivity contribution >= 4 is 29.1 Å². The number of aromatic nitrogens is 4. The molecule has 3 aromatic rings. The van der Waals surface area contributed by atoms with Gasteiger partial charge in [0, 0.05) is 43.0 Å². The Balaban J connectivity index is 1.41. The number of fused-ring (bicyclic) bond motifs is 1. The van der Waals surface area contributed by atoms with Crippen LogP contribution in [-0.2, 0) is 11.2 Å². The highest BCUT2D eigenvalue weighted by Crippen LogP contribution is 2.24. The van der Waals surface area contributed by atoms with Crippen LogP contribution < -0.4 is 9.64 Å². The molecule has 1 aromatic carbocycles. The van der Waals surface area contributed by atoms with Crippen LogP contribution >= 0.6 is 11.6 Å². The number of amides is 1. The molecule has 152 valence electrons. The SMILES string of the molecule is COc1ccc(CC(=O)N2CCN(c3cc(C)n4c(C)nnc4n3)CC2)c(Cl)c1. The summed E-state index contributed by atoms with van der Waals surface area (Å²) in [6.07, 6.45) is 0.283. The molecule has 0 atom stereocenters. The molecule has 1 saturated heterocycles. The summed E-state index contributed by atoms with van der Waals surface area (Å²) in [4.78, 5) is 21.4. The fourth-order valence-corrected chi connectivity index (χ4v) is 3.88. The number of nitrogens with zero attached hydrogens (tertiary/aromatic N) is 6. The lowest BCUT2D eigenvalue weighted by Gasteiger charge is -2.35. The minimum Gasteiger partial charge on any atom is -0.497 e. The van der Waals surface area contributed by atoms with Crippen LogP contribution in [0.25, 0.3) is 5.78 Å². The Bertz CT molecular complexity index is 1060. The van der Waals surface area contributed by atoms with Crippen LogP contribution in [-0.4, -0.2) is 63.7 Å². The van der Waals surface area contributed by atoms with Gasteiger partial charge in [-0.1, -0.05) is 17.7 Å². The number of anilines is 1. The van der Waals surface area contributed by atoms with E-state index in [0.717, 1.165) is 36.0 Å². The Hall–Kier alpha value is -2.87. The first-order valence-corrected chi connectivity index (χ1v) is 9.88. The fraction of sp³-hybridized carbons (Fsp3) is 0.400. The van der Waals surface area contributed by atoms with Gasteiger partial charge < -0.3 is 14.5 Å². The van der Waals surface area contributed by atoms with Crippen LogP contribution in [0, 0.1) is 13.8 Å². The number of benzene rings is 1. The third-order valence-electron chi connectivity index (χ3n) is 5.27. The van der Waals surface area contributed by atoms with Crippen molar-refractivity contribution in [2.45, 2.75) is 20.3 Å². The van der Waals surface area contributed by atoms with Gasteiger partial charge in [-0.25, -0.2) is 0 Å². The van der Waals surface area contributed by atoms with Gasteiger partial charge in [0.05, 0.1) is 13.5 Å². The number of ether oxygens (including phenoxy) is 1. The van der Waals surface area contributed by atoms with E-state index in [4.69, 9.17) is 16.3 Å². The van der Waals surface area contributed by atoms with Gasteiger partial charge in [-0.2, -0.15) is 4.98 Å². The van der Waals surface area contributed by atoms with E-state index in [9.17, 15) is 4.79 Å². The van der Waals surface area contributed by atoms with Crippen molar-refractivity contribution in [2.75, 3.05) is 38.2 Å². The lowest BCUT2D eigenvalue weighted by atomic mass is 10.1. The second-order valence-electron chi connectivity index (χ2n) is 7.14. The summed E-state index contributed by atoms with van der Waals surface area (Å²) in [5, 5.41) is 8.78. The van der Waals surface area contributed by atoms with Crippen molar-refractivity contribution in [1.82, 2.24) is 24.5 Å². The smallest absolute Gasteiger partial charge is 0.257 e. The van der Waals surface area contributed by atoms with Gasteiger partial charge in [0.25, 0.3) is 5.78 Å². The minimum absolute atomic E-state index is 0.0735. The van der Waals surface area contributed by atoms with E-state index in [2.05, 4.69) is 20.1 Å². The molecule has 9 heteroatoms. The largest absolute Gasteiger partial charge is 0.497 e. The molecule has 0 N–H and O–H groups in total. The third-order valence-corrected chi connectivity index (χ3v) is 5.62. The molecular weight excluding hydrogens is 392 g/mol. The van der Waals surface area contributed by atoms with Gasteiger partial charge in [0.15, 0.2) is 0 Å². The maximum atomic E-state index is 12.7. The summed E-state index contributed by atoms with van der Waals surface area (Å²) in [5.41, 5.74) is 1.85. The number of carbonyl (C=O) groups is 1. The Morgan fingerprint density at radius 1 is 1.14 bits per heavy atom. The summed E-state index contributed by atoms with van der Waals surface area (Å²) >= 11 is 6.28. The average molecular weight is 415 g/mol. The predicted octanol–water partition coefficient (Wildman–Crippen LogP) is 2.29. The summed E-state index contributed by atoms with van der Waals surface area (Å²) in [6.45, 7) is 6.66. The molecule has 1 fully saturated rings. The Morgan fingerprint density at radius 2 is 1.90 bits per heavy atom. The van der Waals surface area contributed by atoms with Crippen molar-refractivity contribution in [2.24, 2.45) is 0 Å². The van der Waals surface area contributed by atoms with Gasteiger partial charge in [-0.15, -0.1) is 10.2 Å². The van der Waals surface area contributed by atoms with Gasteiger partial charge in [0.2, 0.25) is 5.91 Å². The maximum absolute atomic E-state index is 12.7. The van der Waals surface area contributed by atoms with Crippen LogP contribution in [0.5, 0.6) is 5.75 Å². The average Bonchev–Trinajstić information content (AvgIpc) is 3.10. The molecule has 0 unspecified atom stereocenters. The second-order valence-corrected chi connectivity index (χ2v) is 7.55. The van der Waals surface area contributed by atoms with E-state index in [0.29, 0.717) is 29.6 Å². The number of halogens is 1. The number of aryl methyl sites for hydroxylation is 2. The number of methoxy groups -OCH3 is 1. The van der Waals surface area contributed by atoms with Crippen LogP contribution in [0.15, 0.2) is 24.3 Å². The van der Waals surface area contributed by atoms with E-state index in [1.807, 2.05) is 41.3 Å². The van der Waals surface area contributed by atoms with Crippen molar-refractivity contribution in [3.63, 3.8) is 0 Å². The zero-order valence-corrected chi connectivity index (χ0v) is 17.5. The maximum Gasteiger partial charge on any atom is 0.257 e. The summed E-state index contributed by atoms with van der Waals surface area (Å²) in [7, 11) is 1.59. The first-order chi connectivity index (χ1) is 14.0. The standard InChI is InChI=1S/C20H23ClN6O2/c1-13-10-18(22-20-24-23-14(2)27(13)20)25-6-8-26(9-7-25)19(28)11-15-4-5-16(29-3)12-17(15)21/h4-5,10,12H,6-9,11H2,1-3H3. The molecule has 0 aliphatic carbocycles. The highest BCUT2D eigenvalue weighted by atomic mass is 35.5. The Labute approximate surface area is 174 Å². The number of carbonyl (C=O) groups excluding carboxylic acids is 1. The minimum atomic E-state index is 0.0735. The molecule has 0 radical (unpaired) electrons. The zero-order chi connectivity index (χ0) is 20.5. The molecule has 2 aromatic heterocycles. The predicted molar refractivity (Wildman–Crippen MR) is 111 cm³/mol. The van der Waals surface area contributed by atoms with Crippen LogP contribution in [0.1, 0.15) is 17.1 Å². The summed E-state index contributed by atoms with van der Waals surface area (Å²) in [6, 6.07) is 7.44. The normalized spacial score (nSPS) is 14.5. The molecule has 1 aliphatic rings. The lowest BCUT2D eigenvalue weighted by Crippen LogP contribution is -2.49. The first kappa shape index (κ1) is 19.4. The Kier molecular flexibility index (Phi) is 5.27. The van der Waals surface area contributed by atoms with Gasteiger partial charge in [-0.05, 0) is 31.5 Å². The number of rotatable bonds is 4. The molecule has 4 rings (SSSR count). The van der Waals surface area contributed by atoms with Crippen molar-refractivity contribution in [3.05, 3.63) is 46.4 Å². The van der Waals surface area contributed by atoms with Gasteiger partial charge in [0.1, 0.15) is 17.4 Å². The quantitative estimate of drug-likeness (QED) is 0.652. The first-order valence-electron chi connectivity index (χ1n) is 9.51.